The van der Waals surface area contributed by atoms with Crippen LogP contribution in [0.3, 0.4) is 0 Å². The van der Waals surface area contributed by atoms with Crippen molar-refractivity contribution in [1.29, 1.82) is 5.26 Å². The lowest BCUT2D eigenvalue weighted by atomic mass is 10.2. The highest BCUT2D eigenvalue weighted by molar-refractivity contribution is 5.51. The Kier molecular flexibility index (Phi) is 4.24. The molecule has 0 saturated carbocycles. The lowest BCUT2D eigenvalue weighted by molar-refractivity contribution is 0.400. The molecule has 0 saturated heterocycles. The maximum absolute atomic E-state index is 11.8. The SMILES string of the molecule is COc1ccc(OC)c(-n2nc(CC#N)c(=O)cc2C)c1. The summed E-state index contributed by atoms with van der Waals surface area (Å²) in [7, 11) is 3.12. The van der Waals surface area contributed by atoms with Crippen LogP contribution < -0.4 is 14.9 Å². The molecule has 1 aromatic heterocycles. The van der Waals surface area contributed by atoms with E-state index in [1.807, 2.05) is 6.07 Å². The zero-order valence-electron chi connectivity index (χ0n) is 12.1. The van der Waals surface area contributed by atoms with Crippen LogP contribution in [-0.4, -0.2) is 24.0 Å². The van der Waals surface area contributed by atoms with Gasteiger partial charge in [-0.25, -0.2) is 4.68 Å². The first-order valence-electron chi connectivity index (χ1n) is 6.30. The summed E-state index contributed by atoms with van der Waals surface area (Å²) in [4.78, 5) is 11.8. The predicted octanol–water partition coefficient (Wildman–Crippen LogP) is 1.62. The lowest BCUT2D eigenvalue weighted by Crippen LogP contribution is -2.19. The number of hydrogen-bond donors (Lipinski definition) is 0. The Morgan fingerprint density at radius 3 is 2.67 bits per heavy atom. The molecule has 0 radical (unpaired) electrons. The zero-order valence-corrected chi connectivity index (χ0v) is 12.1. The Morgan fingerprint density at radius 1 is 1.29 bits per heavy atom. The molecule has 0 atom stereocenters. The highest BCUT2D eigenvalue weighted by Gasteiger charge is 2.12. The van der Waals surface area contributed by atoms with Crippen molar-refractivity contribution >= 4 is 0 Å². The molecular weight excluding hydrogens is 270 g/mol. The molecule has 6 nitrogen and oxygen atoms in total. The summed E-state index contributed by atoms with van der Waals surface area (Å²) < 4.78 is 12.1. The van der Waals surface area contributed by atoms with Crippen LogP contribution in [0, 0.1) is 18.3 Å². The average molecular weight is 285 g/mol. The number of nitriles is 1. The zero-order chi connectivity index (χ0) is 15.4. The molecule has 6 heteroatoms. The monoisotopic (exact) mass is 285 g/mol. The third-order valence-electron chi connectivity index (χ3n) is 3.04. The number of aromatic nitrogens is 2. The van der Waals surface area contributed by atoms with Crippen molar-refractivity contribution in [2.75, 3.05) is 14.2 Å². The minimum absolute atomic E-state index is 0.0363. The Hall–Kier alpha value is -2.81. The first kappa shape index (κ1) is 14.6. The molecule has 0 aliphatic heterocycles. The van der Waals surface area contributed by atoms with E-state index < -0.39 is 0 Å². The summed E-state index contributed by atoms with van der Waals surface area (Å²) in [5.74, 6) is 1.24. The molecule has 2 rings (SSSR count). The van der Waals surface area contributed by atoms with Crippen LogP contribution >= 0.6 is 0 Å². The minimum Gasteiger partial charge on any atom is -0.497 e. The summed E-state index contributed by atoms with van der Waals surface area (Å²) in [6.45, 7) is 1.77. The maximum Gasteiger partial charge on any atom is 0.204 e. The van der Waals surface area contributed by atoms with E-state index in [0.29, 0.717) is 22.9 Å². The summed E-state index contributed by atoms with van der Waals surface area (Å²) in [6.07, 6.45) is -0.0363. The van der Waals surface area contributed by atoms with Gasteiger partial charge in [-0.1, -0.05) is 0 Å². The lowest BCUT2D eigenvalue weighted by Gasteiger charge is -2.15. The summed E-state index contributed by atoms with van der Waals surface area (Å²) >= 11 is 0. The number of nitrogens with zero attached hydrogens (tertiary/aromatic N) is 3. The Morgan fingerprint density at radius 2 is 2.05 bits per heavy atom. The Bertz CT molecular complexity index is 760. The molecule has 2 aromatic rings. The smallest absolute Gasteiger partial charge is 0.204 e. The Labute approximate surface area is 122 Å². The van der Waals surface area contributed by atoms with E-state index in [1.54, 1.807) is 44.0 Å². The van der Waals surface area contributed by atoms with E-state index in [4.69, 9.17) is 14.7 Å². The number of ether oxygens (including phenoxy) is 2. The van der Waals surface area contributed by atoms with Crippen LogP contribution in [0.2, 0.25) is 0 Å². The fraction of sp³-hybridized carbons (Fsp3) is 0.267. The second-order valence-electron chi connectivity index (χ2n) is 4.38. The summed E-state index contributed by atoms with van der Waals surface area (Å²) in [5.41, 5.74) is 1.25. The normalized spacial score (nSPS) is 10.0. The number of hydrogen-bond acceptors (Lipinski definition) is 5. The van der Waals surface area contributed by atoms with E-state index in [9.17, 15) is 4.79 Å². The number of rotatable bonds is 4. The van der Waals surface area contributed by atoms with Gasteiger partial charge in [0, 0.05) is 17.8 Å². The molecule has 0 fully saturated rings. The average Bonchev–Trinajstić information content (AvgIpc) is 2.49. The van der Waals surface area contributed by atoms with Crippen LogP contribution in [-0.2, 0) is 6.42 Å². The third-order valence-corrected chi connectivity index (χ3v) is 3.04. The third kappa shape index (κ3) is 2.87. The quantitative estimate of drug-likeness (QED) is 0.853. The highest BCUT2D eigenvalue weighted by atomic mass is 16.5. The highest BCUT2D eigenvalue weighted by Crippen LogP contribution is 2.27. The number of benzene rings is 1. The molecule has 0 unspecified atom stereocenters. The van der Waals surface area contributed by atoms with Gasteiger partial charge in [-0.3, -0.25) is 4.79 Å². The van der Waals surface area contributed by atoms with Crippen LogP contribution in [0.4, 0.5) is 0 Å². The molecule has 1 heterocycles. The van der Waals surface area contributed by atoms with Gasteiger partial charge in [-0.15, -0.1) is 0 Å². The Balaban J connectivity index is 2.68. The van der Waals surface area contributed by atoms with Gasteiger partial charge in [0.1, 0.15) is 22.9 Å². The summed E-state index contributed by atoms with van der Waals surface area (Å²) in [6, 6.07) is 8.70. The van der Waals surface area contributed by atoms with Gasteiger partial charge in [0.25, 0.3) is 0 Å². The van der Waals surface area contributed by atoms with Crippen molar-refractivity contribution in [3.05, 3.63) is 45.9 Å². The van der Waals surface area contributed by atoms with Gasteiger partial charge in [0.15, 0.2) is 0 Å². The molecule has 0 amide bonds. The molecule has 1 aromatic carbocycles. The fourth-order valence-corrected chi connectivity index (χ4v) is 1.99. The molecule has 0 N–H and O–H groups in total. The van der Waals surface area contributed by atoms with Gasteiger partial charge in [0.05, 0.1) is 26.7 Å². The first-order valence-corrected chi connectivity index (χ1v) is 6.30. The van der Waals surface area contributed by atoms with Gasteiger partial charge in [-0.05, 0) is 19.1 Å². The molecule has 0 spiro atoms. The standard InChI is InChI=1S/C15H15N3O3/c1-10-8-14(19)12(6-7-16)17-18(10)13-9-11(20-2)4-5-15(13)21-3/h4-5,8-9H,6H2,1-3H3. The molecular formula is C15H15N3O3. The van der Waals surface area contributed by atoms with Crippen LogP contribution in [0.5, 0.6) is 11.5 Å². The first-order chi connectivity index (χ1) is 10.1. The van der Waals surface area contributed by atoms with E-state index in [2.05, 4.69) is 5.10 Å². The van der Waals surface area contributed by atoms with E-state index in [0.717, 1.165) is 0 Å². The van der Waals surface area contributed by atoms with Gasteiger partial charge in [-0.2, -0.15) is 10.4 Å². The fourth-order valence-electron chi connectivity index (χ4n) is 1.99. The summed E-state index contributed by atoms with van der Waals surface area (Å²) in [5, 5.41) is 13.0. The van der Waals surface area contributed by atoms with Gasteiger partial charge >= 0.3 is 0 Å². The van der Waals surface area contributed by atoms with Crippen molar-refractivity contribution in [3.8, 4) is 23.3 Å². The number of methoxy groups -OCH3 is 2. The van der Waals surface area contributed by atoms with Crippen molar-refractivity contribution in [1.82, 2.24) is 9.78 Å². The van der Waals surface area contributed by atoms with Crippen molar-refractivity contribution in [2.24, 2.45) is 0 Å². The minimum atomic E-state index is -0.243. The molecule has 108 valence electrons. The van der Waals surface area contributed by atoms with Gasteiger partial charge in [0.2, 0.25) is 5.43 Å². The second-order valence-corrected chi connectivity index (χ2v) is 4.38. The largest absolute Gasteiger partial charge is 0.497 e. The van der Waals surface area contributed by atoms with Crippen LogP contribution in [0.25, 0.3) is 5.69 Å². The van der Waals surface area contributed by atoms with Crippen LogP contribution in [0.1, 0.15) is 11.4 Å². The van der Waals surface area contributed by atoms with Crippen molar-refractivity contribution in [3.63, 3.8) is 0 Å². The molecule has 0 aliphatic carbocycles. The van der Waals surface area contributed by atoms with E-state index >= 15 is 0 Å². The second kappa shape index (κ2) is 6.09. The topological polar surface area (TPSA) is 77.1 Å². The van der Waals surface area contributed by atoms with E-state index in [1.165, 1.54) is 6.07 Å². The molecule has 0 bridgehead atoms. The van der Waals surface area contributed by atoms with E-state index in [-0.39, 0.29) is 17.5 Å². The molecule has 0 aliphatic rings. The van der Waals surface area contributed by atoms with Gasteiger partial charge < -0.3 is 9.47 Å². The van der Waals surface area contributed by atoms with Crippen molar-refractivity contribution in [2.45, 2.75) is 13.3 Å². The molecule has 21 heavy (non-hydrogen) atoms. The number of aryl methyl sites for hydroxylation is 1. The van der Waals surface area contributed by atoms with Crippen molar-refractivity contribution < 1.29 is 9.47 Å². The maximum atomic E-state index is 11.8. The van der Waals surface area contributed by atoms with Crippen LogP contribution in [0.15, 0.2) is 29.1 Å². The predicted molar refractivity (Wildman–Crippen MR) is 77.0 cm³/mol.